The molecule has 0 atom stereocenters. The van der Waals surface area contributed by atoms with Gasteiger partial charge in [0.05, 0.1) is 18.9 Å². The summed E-state index contributed by atoms with van der Waals surface area (Å²) in [7, 11) is 0. The van der Waals surface area contributed by atoms with Crippen molar-refractivity contribution < 1.29 is 4.74 Å². The highest BCUT2D eigenvalue weighted by Gasteiger charge is 2.20. The molecule has 4 nitrogen and oxygen atoms in total. The number of rotatable bonds is 4. The van der Waals surface area contributed by atoms with Crippen LogP contribution < -0.4 is 4.90 Å². The van der Waals surface area contributed by atoms with Gasteiger partial charge in [-0.25, -0.2) is 4.98 Å². The minimum atomic E-state index is 0. The summed E-state index contributed by atoms with van der Waals surface area (Å²) in [6.07, 6.45) is 3.18. The fourth-order valence-electron chi connectivity index (χ4n) is 4.49. The predicted octanol–water partition coefficient (Wildman–Crippen LogP) is 5.27. The third-order valence-corrected chi connectivity index (χ3v) is 6.35. The fraction of sp³-hybridized carbons (Fsp3) is 0.346. The van der Waals surface area contributed by atoms with E-state index in [4.69, 9.17) is 9.72 Å². The molecule has 3 heterocycles. The Morgan fingerprint density at radius 1 is 0.935 bits per heavy atom. The van der Waals surface area contributed by atoms with E-state index in [1.54, 1.807) is 0 Å². The SMILES string of the molecule is CCN1CCN(c2nc(-c3ccc(C4=CCOCC4)cc3)cc3ccccc23)CC1.Cl. The zero-order chi connectivity index (χ0) is 20.3. The second kappa shape index (κ2) is 9.82. The molecule has 1 fully saturated rings. The number of pyridine rings is 1. The van der Waals surface area contributed by atoms with E-state index in [0.29, 0.717) is 0 Å². The Bertz CT molecular complexity index is 1060. The Kier molecular flexibility index (Phi) is 6.91. The maximum Gasteiger partial charge on any atom is 0.137 e. The molecule has 5 heteroatoms. The van der Waals surface area contributed by atoms with Crippen LogP contribution in [-0.4, -0.2) is 55.8 Å². The van der Waals surface area contributed by atoms with Crippen LogP contribution in [0.5, 0.6) is 0 Å². The van der Waals surface area contributed by atoms with Crippen LogP contribution in [0.2, 0.25) is 0 Å². The van der Waals surface area contributed by atoms with Crippen LogP contribution in [-0.2, 0) is 4.74 Å². The topological polar surface area (TPSA) is 28.6 Å². The summed E-state index contributed by atoms with van der Waals surface area (Å²) in [6.45, 7) is 9.16. The lowest BCUT2D eigenvalue weighted by molar-refractivity contribution is 0.161. The van der Waals surface area contributed by atoms with Crippen molar-refractivity contribution in [2.24, 2.45) is 0 Å². The van der Waals surface area contributed by atoms with Crippen molar-refractivity contribution in [3.05, 3.63) is 66.2 Å². The number of hydrogen-bond acceptors (Lipinski definition) is 4. The molecule has 162 valence electrons. The number of piperazine rings is 1. The van der Waals surface area contributed by atoms with Gasteiger partial charge in [0.1, 0.15) is 5.82 Å². The average Bonchev–Trinajstić information content (AvgIpc) is 2.84. The molecule has 5 rings (SSSR count). The van der Waals surface area contributed by atoms with E-state index in [-0.39, 0.29) is 12.4 Å². The molecule has 0 aliphatic carbocycles. The summed E-state index contributed by atoms with van der Waals surface area (Å²) in [6, 6.07) is 19.7. The number of likely N-dealkylation sites (N-methyl/N-ethyl adjacent to an activating group) is 1. The third kappa shape index (κ3) is 4.62. The number of benzene rings is 2. The lowest BCUT2D eigenvalue weighted by Gasteiger charge is -2.35. The Morgan fingerprint density at radius 3 is 2.39 bits per heavy atom. The van der Waals surface area contributed by atoms with Gasteiger partial charge in [0.15, 0.2) is 0 Å². The van der Waals surface area contributed by atoms with E-state index in [9.17, 15) is 0 Å². The molecule has 2 aromatic carbocycles. The summed E-state index contributed by atoms with van der Waals surface area (Å²) in [4.78, 5) is 10.1. The Hall–Kier alpha value is -2.40. The van der Waals surface area contributed by atoms with Crippen LogP contribution in [0.25, 0.3) is 27.6 Å². The molecule has 1 saturated heterocycles. The van der Waals surface area contributed by atoms with Gasteiger partial charge in [-0.2, -0.15) is 0 Å². The number of anilines is 1. The first-order chi connectivity index (χ1) is 14.8. The van der Waals surface area contributed by atoms with Gasteiger partial charge in [-0.3, -0.25) is 0 Å². The quantitative estimate of drug-likeness (QED) is 0.558. The van der Waals surface area contributed by atoms with E-state index in [1.165, 1.54) is 27.5 Å². The van der Waals surface area contributed by atoms with Crippen LogP contribution in [0.15, 0.2) is 60.7 Å². The monoisotopic (exact) mass is 435 g/mol. The lowest BCUT2D eigenvalue weighted by Crippen LogP contribution is -2.46. The average molecular weight is 436 g/mol. The summed E-state index contributed by atoms with van der Waals surface area (Å²) in [5.74, 6) is 1.12. The van der Waals surface area contributed by atoms with Gasteiger partial charge in [0, 0.05) is 37.1 Å². The largest absolute Gasteiger partial charge is 0.377 e. The number of nitrogens with zero attached hydrogens (tertiary/aromatic N) is 3. The van der Waals surface area contributed by atoms with Gasteiger partial charge in [0.2, 0.25) is 0 Å². The minimum Gasteiger partial charge on any atom is -0.377 e. The number of ether oxygens (including phenoxy) is 1. The highest BCUT2D eigenvalue weighted by Crippen LogP contribution is 2.31. The summed E-state index contributed by atoms with van der Waals surface area (Å²) in [5.41, 5.74) is 4.90. The molecule has 0 radical (unpaired) electrons. The van der Waals surface area contributed by atoms with Crippen molar-refractivity contribution in [2.75, 3.05) is 50.8 Å². The van der Waals surface area contributed by atoms with Crippen molar-refractivity contribution >= 4 is 34.6 Å². The molecule has 1 aromatic heterocycles. The van der Waals surface area contributed by atoms with E-state index in [2.05, 4.69) is 77.4 Å². The predicted molar refractivity (Wildman–Crippen MR) is 132 cm³/mol. The third-order valence-electron chi connectivity index (χ3n) is 6.35. The maximum atomic E-state index is 5.45. The van der Waals surface area contributed by atoms with Crippen molar-refractivity contribution in [1.82, 2.24) is 9.88 Å². The standard InChI is InChI=1S/C26H29N3O.ClH/c1-2-28-13-15-29(16-14-28)26-24-6-4-3-5-23(24)19-25(27-26)22-9-7-20(8-10-22)21-11-17-30-18-12-21;/h3-11,19H,2,12-18H2,1H3;1H. The van der Waals surface area contributed by atoms with Gasteiger partial charge in [0.25, 0.3) is 0 Å². The van der Waals surface area contributed by atoms with Gasteiger partial charge in [-0.05, 0) is 35.6 Å². The van der Waals surface area contributed by atoms with Crippen molar-refractivity contribution in [1.29, 1.82) is 0 Å². The highest BCUT2D eigenvalue weighted by molar-refractivity contribution is 5.95. The molecular formula is C26H30ClN3O. The van der Waals surface area contributed by atoms with Crippen LogP contribution in [0.1, 0.15) is 18.9 Å². The minimum absolute atomic E-state index is 0. The van der Waals surface area contributed by atoms with Gasteiger partial charge in [-0.1, -0.05) is 61.5 Å². The van der Waals surface area contributed by atoms with Crippen LogP contribution in [0.3, 0.4) is 0 Å². The molecule has 2 aliphatic heterocycles. The summed E-state index contributed by atoms with van der Waals surface area (Å²) < 4.78 is 5.45. The second-order valence-electron chi connectivity index (χ2n) is 8.11. The van der Waals surface area contributed by atoms with Gasteiger partial charge >= 0.3 is 0 Å². The van der Waals surface area contributed by atoms with Crippen LogP contribution in [0.4, 0.5) is 5.82 Å². The van der Waals surface area contributed by atoms with E-state index in [0.717, 1.165) is 63.9 Å². The van der Waals surface area contributed by atoms with Crippen LogP contribution >= 0.6 is 12.4 Å². The second-order valence-corrected chi connectivity index (χ2v) is 8.11. The van der Waals surface area contributed by atoms with Crippen molar-refractivity contribution in [2.45, 2.75) is 13.3 Å². The first-order valence-electron chi connectivity index (χ1n) is 11.1. The number of halogens is 1. The van der Waals surface area contributed by atoms with Crippen molar-refractivity contribution in [3.63, 3.8) is 0 Å². The van der Waals surface area contributed by atoms with Gasteiger partial charge < -0.3 is 14.5 Å². The molecule has 31 heavy (non-hydrogen) atoms. The molecular weight excluding hydrogens is 406 g/mol. The maximum absolute atomic E-state index is 5.45. The Labute approximate surface area is 190 Å². The zero-order valence-electron chi connectivity index (χ0n) is 18.1. The molecule has 0 N–H and O–H groups in total. The summed E-state index contributed by atoms with van der Waals surface area (Å²) >= 11 is 0. The molecule has 0 bridgehead atoms. The zero-order valence-corrected chi connectivity index (χ0v) is 18.9. The number of fused-ring (bicyclic) bond motifs is 1. The fourth-order valence-corrected chi connectivity index (χ4v) is 4.49. The molecule has 0 amide bonds. The first kappa shape index (κ1) is 21.8. The van der Waals surface area contributed by atoms with E-state index in [1.807, 2.05) is 0 Å². The Morgan fingerprint density at radius 2 is 1.68 bits per heavy atom. The molecule has 0 spiro atoms. The molecule has 3 aromatic rings. The van der Waals surface area contributed by atoms with E-state index >= 15 is 0 Å². The number of hydrogen-bond donors (Lipinski definition) is 0. The molecule has 0 saturated carbocycles. The van der Waals surface area contributed by atoms with Crippen molar-refractivity contribution in [3.8, 4) is 11.3 Å². The molecule has 2 aliphatic rings. The van der Waals surface area contributed by atoms with Crippen LogP contribution in [0, 0.1) is 0 Å². The normalized spacial score (nSPS) is 17.3. The Balaban J connectivity index is 0.00000231. The number of aromatic nitrogens is 1. The smallest absolute Gasteiger partial charge is 0.137 e. The first-order valence-corrected chi connectivity index (χ1v) is 11.1. The summed E-state index contributed by atoms with van der Waals surface area (Å²) in [5, 5.41) is 2.50. The van der Waals surface area contributed by atoms with E-state index < -0.39 is 0 Å². The highest BCUT2D eigenvalue weighted by atomic mass is 35.5. The van der Waals surface area contributed by atoms with Gasteiger partial charge in [-0.15, -0.1) is 12.4 Å². The molecule has 0 unspecified atom stereocenters. The lowest BCUT2D eigenvalue weighted by atomic mass is 9.99.